The van der Waals surface area contributed by atoms with E-state index in [-0.39, 0.29) is 24.8 Å². The zero-order chi connectivity index (χ0) is 18.4. The van der Waals surface area contributed by atoms with Crippen molar-refractivity contribution in [2.75, 3.05) is 19.6 Å². The molecule has 0 bridgehead atoms. The Balaban J connectivity index is 1.87. The number of rotatable bonds is 8. The van der Waals surface area contributed by atoms with Gasteiger partial charge in [0, 0.05) is 30.9 Å². The van der Waals surface area contributed by atoms with Crippen molar-refractivity contribution in [2.45, 2.75) is 43.2 Å². The molecule has 7 nitrogen and oxygen atoms in total. The largest absolute Gasteiger partial charge is 0.481 e. The van der Waals surface area contributed by atoms with Gasteiger partial charge in [0.15, 0.2) is 0 Å². The molecule has 0 spiro atoms. The lowest BCUT2D eigenvalue weighted by Crippen LogP contribution is -2.45. The Labute approximate surface area is 152 Å². The third kappa shape index (κ3) is 5.52. The highest BCUT2D eigenvalue weighted by Gasteiger charge is 2.33. The van der Waals surface area contributed by atoms with Crippen LogP contribution < -0.4 is 5.32 Å². The molecule has 1 aliphatic rings. The van der Waals surface area contributed by atoms with Gasteiger partial charge in [0.05, 0.1) is 5.92 Å². The van der Waals surface area contributed by atoms with Crippen LogP contribution in [-0.2, 0) is 19.6 Å². The van der Waals surface area contributed by atoms with Crippen LogP contribution in [0.2, 0.25) is 0 Å². The topological polar surface area (TPSA) is 104 Å². The fraction of sp³-hybridized carbons (Fsp3) is 0.625. The molecule has 1 atom stereocenters. The van der Waals surface area contributed by atoms with E-state index in [1.807, 2.05) is 6.92 Å². The zero-order valence-corrected chi connectivity index (χ0v) is 15.9. The average molecular weight is 389 g/mol. The molecule has 2 rings (SSSR count). The highest BCUT2D eigenvalue weighted by atomic mass is 32.2. The van der Waals surface area contributed by atoms with Crippen LogP contribution in [0.1, 0.15) is 37.0 Å². The number of amides is 1. The van der Waals surface area contributed by atoms with Crippen molar-refractivity contribution in [1.29, 1.82) is 0 Å². The summed E-state index contributed by atoms with van der Waals surface area (Å²) in [6.07, 6.45) is 2.52. The lowest BCUT2D eigenvalue weighted by molar-refractivity contribution is -0.137. The lowest BCUT2D eigenvalue weighted by Gasteiger charge is -2.30. The molecular weight excluding hydrogens is 364 g/mol. The Hall–Kier alpha value is -1.45. The fourth-order valence-corrected chi connectivity index (χ4v) is 5.77. The van der Waals surface area contributed by atoms with E-state index < -0.39 is 16.0 Å². The average Bonchev–Trinajstić information content (AvgIpc) is 3.01. The highest BCUT2D eigenvalue weighted by molar-refractivity contribution is 7.91. The summed E-state index contributed by atoms with van der Waals surface area (Å²) in [5, 5.41) is 11.4. The van der Waals surface area contributed by atoms with Crippen LogP contribution in [0, 0.1) is 12.8 Å². The molecule has 1 unspecified atom stereocenters. The summed E-state index contributed by atoms with van der Waals surface area (Å²) in [6.45, 7) is 2.90. The maximum Gasteiger partial charge on any atom is 0.303 e. The van der Waals surface area contributed by atoms with E-state index in [1.165, 1.54) is 15.6 Å². The fourth-order valence-electron chi connectivity index (χ4n) is 2.81. The summed E-state index contributed by atoms with van der Waals surface area (Å²) in [5.74, 6) is -1.36. The normalized spacial score (nSPS) is 18.8. The molecule has 0 saturated carbocycles. The van der Waals surface area contributed by atoms with Crippen LogP contribution in [0.5, 0.6) is 0 Å². The monoisotopic (exact) mass is 388 g/mol. The molecule has 25 heavy (non-hydrogen) atoms. The molecule has 1 aromatic heterocycles. The van der Waals surface area contributed by atoms with E-state index in [2.05, 4.69) is 5.32 Å². The molecule has 1 aromatic rings. The molecule has 1 saturated heterocycles. The maximum atomic E-state index is 12.7. The smallest absolute Gasteiger partial charge is 0.303 e. The first kappa shape index (κ1) is 19.9. The second kappa shape index (κ2) is 8.77. The standard InChI is InChI=1S/C16H24N2O5S2/c1-12-7-8-15(24-12)25(22,23)18-10-4-5-13(11-18)16(21)17-9-3-2-6-14(19)20/h7-8,13H,2-6,9-11H2,1H3,(H,17,21)(H,19,20). The van der Waals surface area contributed by atoms with Crippen molar-refractivity contribution >= 4 is 33.2 Å². The van der Waals surface area contributed by atoms with Gasteiger partial charge < -0.3 is 10.4 Å². The lowest BCUT2D eigenvalue weighted by atomic mass is 9.99. The molecule has 0 radical (unpaired) electrons. The van der Waals surface area contributed by atoms with Crippen LogP contribution in [0.4, 0.5) is 0 Å². The predicted octanol–water partition coefficient (Wildman–Crippen LogP) is 1.83. The molecule has 0 aliphatic carbocycles. The first-order valence-electron chi connectivity index (χ1n) is 8.37. The summed E-state index contributed by atoms with van der Waals surface area (Å²) in [6, 6.07) is 3.39. The van der Waals surface area contributed by atoms with Gasteiger partial charge in [0.2, 0.25) is 5.91 Å². The van der Waals surface area contributed by atoms with Gasteiger partial charge in [-0.2, -0.15) is 4.31 Å². The van der Waals surface area contributed by atoms with Crippen molar-refractivity contribution in [3.05, 3.63) is 17.0 Å². The van der Waals surface area contributed by atoms with Gasteiger partial charge >= 0.3 is 5.97 Å². The van der Waals surface area contributed by atoms with Crippen LogP contribution in [0.25, 0.3) is 0 Å². The Bertz CT molecular complexity index is 714. The molecular formula is C16H24N2O5S2. The van der Waals surface area contributed by atoms with Crippen LogP contribution in [0.3, 0.4) is 0 Å². The first-order chi connectivity index (χ1) is 11.8. The van der Waals surface area contributed by atoms with Crippen molar-refractivity contribution in [3.63, 3.8) is 0 Å². The number of thiophene rings is 1. The highest BCUT2D eigenvalue weighted by Crippen LogP contribution is 2.28. The molecule has 1 fully saturated rings. The Kier molecular flexibility index (Phi) is 6.97. The third-order valence-corrected chi connectivity index (χ3v) is 7.51. The van der Waals surface area contributed by atoms with Crippen LogP contribution in [-0.4, -0.2) is 49.3 Å². The number of unbranched alkanes of at least 4 members (excludes halogenated alkanes) is 1. The third-order valence-electron chi connectivity index (χ3n) is 4.18. The minimum absolute atomic E-state index is 0.0888. The minimum atomic E-state index is -3.54. The Morgan fingerprint density at radius 1 is 1.36 bits per heavy atom. The number of hydrogen-bond donors (Lipinski definition) is 2. The first-order valence-corrected chi connectivity index (χ1v) is 10.6. The van der Waals surface area contributed by atoms with Gasteiger partial charge in [-0.3, -0.25) is 9.59 Å². The van der Waals surface area contributed by atoms with Crippen molar-refractivity contribution in [1.82, 2.24) is 9.62 Å². The van der Waals surface area contributed by atoms with E-state index in [9.17, 15) is 18.0 Å². The van der Waals surface area contributed by atoms with E-state index in [4.69, 9.17) is 5.11 Å². The second-order valence-electron chi connectivity index (χ2n) is 6.21. The maximum absolute atomic E-state index is 12.7. The number of carboxylic acid groups (broad SMARTS) is 1. The number of carbonyl (C=O) groups is 2. The number of carboxylic acids is 1. The molecule has 1 amide bonds. The number of nitrogens with zero attached hydrogens (tertiary/aromatic N) is 1. The van der Waals surface area contributed by atoms with Crippen molar-refractivity contribution in [2.24, 2.45) is 5.92 Å². The number of sulfonamides is 1. The number of carbonyl (C=O) groups excluding carboxylic acids is 1. The van der Waals surface area contributed by atoms with E-state index in [1.54, 1.807) is 12.1 Å². The second-order valence-corrected chi connectivity index (χ2v) is 9.66. The van der Waals surface area contributed by atoms with Crippen LogP contribution >= 0.6 is 11.3 Å². The summed E-state index contributed by atoms with van der Waals surface area (Å²) in [4.78, 5) is 23.6. The summed E-state index contributed by atoms with van der Waals surface area (Å²) in [5.41, 5.74) is 0. The van der Waals surface area contributed by atoms with Gasteiger partial charge in [0.1, 0.15) is 4.21 Å². The molecule has 2 heterocycles. The van der Waals surface area contributed by atoms with Gasteiger partial charge in [-0.05, 0) is 44.7 Å². The molecule has 9 heteroatoms. The summed E-state index contributed by atoms with van der Waals surface area (Å²) in [7, 11) is -3.54. The van der Waals surface area contributed by atoms with Gasteiger partial charge in [-0.1, -0.05) is 0 Å². The van der Waals surface area contributed by atoms with Crippen molar-refractivity contribution in [3.8, 4) is 0 Å². The number of piperidine rings is 1. The summed E-state index contributed by atoms with van der Waals surface area (Å²) >= 11 is 1.24. The molecule has 140 valence electrons. The zero-order valence-electron chi connectivity index (χ0n) is 14.2. The van der Waals surface area contributed by atoms with Gasteiger partial charge in [-0.25, -0.2) is 8.42 Å². The minimum Gasteiger partial charge on any atom is -0.481 e. The number of aliphatic carboxylic acids is 1. The molecule has 0 aromatic carbocycles. The van der Waals surface area contributed by atoms with Crippen LogP contribution in [0.15, 0.2) is 16.3 Å². The Morgan fingerprint density at radius 2 is 2.12 bits per heavy atom. The number of nitrogens with one attached hydrogen (secondary N) is 1. The molecule has 1 aliphatic heterocycles. The van der Waals surface area contributed by atoms with Gasteiger partial charge in [-0.15, -0.1) is 11.3 Å². The van der Waals surface area contributed by atoms with Gasteiger partial charge in [0.25, 0.3) is 10.0 Å². The predicted molar refractivity (Wildman–Crippen MR) is 95.0 cm³/mol. The van der Waals surface area contributed by atoms with E-state index in [0.717, 1.165) is 4.88 Å². The molecule has 2 N–H and O–H groups in total. The number of aryl methyl sites for hydroxylation is 1. The van der Waals surface area contributed by atoms with E-state index >= 15 is 0 Å². The SMILES string of the molecule is Cc1ccc(S(=O)(=O)N2CCCC(C(=O)NCCCCC(=O)O)C2)s1. The van der Waals surface area contributed by atoms with Crippen molar-refractivity contribution < 1.29 is 23.1 Å². The number of hydrogen-bond acceptors (Lipinski definition) is 5. The van der Waals surface area contributed by atoms with E-state index in [0.29, 0.717) is 43.0 Å². The summed E-state index contributed by atoms with van der Waals surface area (Å²) < 4.78 is 27.1. The Morgan fingerprint density at radius 3 is 2.76 bits per heavy atom. The quantitative estimate of drug-likeness (QED) is 0.661.